The maximum Gasteiger partial charge on any atom is 0.371 e. The van der Waals surface area contributed by atoms with Crippen molar-refractivity contribution in [1.29, 1.82) is 0 Å². The van der Waals surface area contributed by atoms with E-state index in [1.54, 1.807) is 13.2 Å². The van der Waals surface area contributed by atoms with Gasteiger partial charge in [-0.2, -0.15) is 0 Å². The molecule has 1 aromatic carbocycles. The lowest BCUT2D eigenvalue weighted by Crippen LogP contribution is -2.24. The number of benzene rings is 1. The first-order valence-electron chi connectivity index (χ1n) is 7.76. The van der Waals surface area contributed by atoms with Crippen molar-refractivity contribution in [2.75, 3.05) is 7.11 Å². The van der Waals surface area contributed by atoms with Crippen molar-refractivity contribution in [3.05, 3.63) is 53.5 Å². The lowest BCUT2D eigenvalue weighted by Gasteiger charge is -2.15. The Kier molecular flexibility index (Phi) is 6.01. The number of aromatic carboxylic acids is 1. The van der Waals surface area contributed by atoms with E-state index in [1.807, 2.05) is 31.2 Å². The van der Waals surface area contributed by atoms with Crippen LogP contribution in [0.3, 0.4) is 0 Å². The molecule has 0 aliphatic heterocycles. The van der Waals surface area contributed by atoms with Crippen LogP contribution in [0.15, 0.2) is 40.8 Å². The fourth-order valence-corrected chi connectivity index (χ4v) is 2.44. The zero-order valence-corrected chi connectivity index (χ0v) is 13.7. The standard InChI is InChI=1S/C18H21NO5/c1-3-12(13-4-6-14(23-2)7-5-13)10-17(20)19-11-15-8-9-16(24-15)18(21)22/h4-9,12H,3,10-11H2,1-2H3,(H,19,20)(H,21,22). The molecular formula is C18H21NO5. The van der Waals surface area contributed by atoms with Crippen molar-refractivity contribution in [3.8, 4) is 5.75 Å². The predicted octanol–water partition coefficient (Wildman–Crippen LogP) is 3.19. The summed E-state index contributed by atoms with van der Waals surface area (Å²) in [4.78, 5) is 22.9. The minimum atomic E-state index is -1.13. The van der Waals surface area contributed by atoms with Crippen LogP contribution in [0.4, 0.5) is 0 Å². The topological polar surface area (TPSA) is 88.8 Å². The van der Waals surface area contributed by atoms with Crippen molar-refractivity contribution in [3.63, 3.8) is 0 Å². The number of ether oxygens (including phenoxy) is 1. The second-order valence-electron chi connectivity index (χ2n) is 5.43. The van der Waals surface area contributed by atoms with Crippen molar-refractivity contribution in [2.45, 2.75) is 32.2 Å². The molecule has 1 unspecified atom stereocenters. The number of furan rings is 1. The maximum absolute atomic E-state index is 12.1. The second kappa shape index (κ2) is 8.19. The minimum absolute atomic E-state index is 0.106. The average molecular weight is 331 g/mol. The Morgan fingerprint density at radius 1 is 1.21 bits per heavy atom. The number of amides is 1. The Labute approximate surface area is 140 Å². The Bertz CT molecular complexity index is 690. The van der Waals surface area contributed by atoms with Gasteiger partial charge in [0.15, 0.2) is 0 Å². The lowest BCUT2D eigenvalue weighted by molar-refractivity contribution is -0.121. The normalized spacial score (nSPS) is 11.8. The minimum Gasteiger partial charge on any atom is -0.497 e. The maximum atomic E-state index is 12.1. The number of hydrogen-bond donors (Lipinski definition) is 2. The van der Waals surface area contributed by atoms with E-state index in [4.69, 9.17) is 14.3 Å². The Morgan fingerprint density at radius 2 is 1.92 bits per heavy atom. The van der Waals surface area contributed by atoms with Crippen LogP contribution < -0.4 is 10.1 Å². The molecular weight excluding hydrogens is 310 g/mol. The van der Waals surface area contributed by atoms with Gasteiger partial charge in [-0.25, -0.2) is 4.79 Å². The first-order valence-corrected chi connectivity index (χ1v) is 7.76. The quantitative estimate of drug-likeness (QED) is 0.775. The van der Waals surface area contributed by atoms with Crippen molar-refractivity contribution >= 4 is 11.9 Å². The van der Waals surface area contributed by atoms with Crippen molar-refractivity contribution in [2.24, 2.45) is 0 Å². The number of methoxy groups -OCH3 is 1. The van der Waals surface area contributed by atoms with Gasteiger partial charge in [-0.1, -0.05) is 19.1 Å². The molecule has 2 N–H and O–H groups in total. The number of nitrogens with one attached hydrogen (secondary N) is 1. The molecule has 0 fully saturated rings. The van der Waals surface area contributed by atoms with Gasteiger partial charge in [0.2, 0.25) is 11.7 Å². The first kappa shape index (κ1) is 17.6. The number of carbonyl (C=O) groups is 2. The molecule has 1 amide bonds. The average Bonchev–Trinajstić information content (AvgIpc) is 3.07. The Morgan fingerprint density at radius 3 is 2.46 bits per heavy atom. The summed E-state index contributed by atoms with van der Waals surface area (Å²) in [6, 6.07) is 10.6. The highest BCUT2D eigenvalue weighted by Gasteiger charge is 2.15. The number of rotatable bonds is 8. The molecule has 1 heterocycles. The van der Waals surface area contributed by atoms with Crippen molar-refractivity contribution in [1.82, 2.24) is 5.32 Å². The highest BCUT2D eigenvalue weighted by Crippen LogP contribution is 2.25. The van der Waals surface area contributed by atoms with Crippen LogP contribution in [0.25, 0.3) is 0 Å². The fourth-order valence-electron chi connectivity index (χ4n) is 2.44. The molecule has 0 radical (unpaired) electrons. The molecule has 6 nitrogen and oxygen atoms in total. The SMILES string of the molecule is CCC(CC(=O)NCc1ccc(C(=O)O)o1)c1ccc(OC)cc1. The molecule has 0 aliphatic rings. The molecule has 2 aromatic rings. The number of carbonyl (C=O) groups excluding carboxylic acids is 1. The van der Waals surface area contributed by atoms with Crippen LogP contribution in [-0.4, -0.2) is 24.1 Å². The number of hydrogen-bond acceptors (Lipinski definition) is 4. The van der Waals surface area contributed by atoms with Crippen LogP contribution in [0.2, 0.25) is 0 Å². The molecule has 0 saturated carbocycles. The van der Waals surface area contributed by atoms with E-state index < -0.39 is 5.97 Å². The lowest BCUT2D eigenvalue weighted by atomic mass is 9.93. The third-order valence-electron chi connectivity index (χ3n) is 3.84. The van der Waals surface area contributed by atoms with E-state index in [1.165, 1.54) is 6.07 Å². The van der Waals surface area contributed by atoms with Gasteiger partial charge in [-0.3, -0.25) is 4.79 Å². The van der Waals surface area contributed by atoms with Crippen LogP contribution in [-0.2, 0) is 11.3 Å². The van der Waals surface area contributed by atoms with Gasteiger partial charge in [0.05, 0.1) is 13.7 Å². The summed E-state index contributed by atoms with van der Waals surface area (Å²) < 4.78 is 10.2. The molecule has 128 valence electrons. The molecule has 2 rings (SSSR count). The number of carboxylic acids is 1. The van der Waals surface area contributed by atoms with Gasteiger partial charge < -0.3 is 19.6 Å². The van der Waals surface area contributed by atoms with Crippen LogP contribution >= 0.6 is 0 Å². The largest absolute Gasteiger partial charge is 0.497 e. The third kappa shape index (κ3) is 4.62. The van der Waals surface area contributed by atoms with Gasteiger partial charge in [0.25, 0.3) is 0 Å². The van der Waals surface area contributed by atoms with E-state index in [0.717, 1.165) is 17.7 Å². The van der Waals surface area contributed by atoms with Gasteiger partial charge in [0.1, 0.15) is 11.5 Å². The van der Waals surface area contributed by atoms with E-state index in [9.17, 15) is 9.59 Å². The Balaban J connectivity index is 1.89. The van der Waals surface area contributed by atoms with Gasteiger partial charge in [-0.05, 0) is 42.2 Å². The van der Waals surface area contributed by atoms with Crippen LogP contribution in [0.5, 0.6) is 5.75 Å². The van der Waals surface area contributed by atoms with E-state index >= 15 is 0 Å². The highest BCUT2D eigenvalue weighted by molar-refractivity contribution is 5.84. The molecule has 0 aliphatic carbocycles. The zero-order chi connectivity index (χ0) is 17.5. The second-order valence-corrected chi connectivity index (χ2v) is 5.43. The van der Waals surface area contributed by atoms with Gasteiger partial charge in [-0.15, -0.1) is 0 Å². The number of carboxylic acid groups (broad SMARTS) is 1. The summed E-state index contributed by atoms with van der Waals surface area (Å²) in [5.74, 6) is -0.0570. The summed E-state index contributed by atoms with van der Waals surface area (Å²) in [5.41, 5.74) is 1.08. The smallest absolute Gasteiger partial charge is 0.371 e. The summed E-state index contributed by atoms with van der Waals surface area (Å²) in [5, 5.41) is 11.6. The van der Waals surface area contributed by atoms with Crippen LogP contribution in [0.1, 0.15) is 47.6 Å². The van der Waals surface area contributed by atoms with E-state index in [-0.39, 0.29) is 24.1 Å². The van der Waals surface area contributed by atoms with E-state index in [0.29, 0.717) is 12.2 Å². The van der Waals surface area contributed by atoms with Gasteiger partial charge >= 0.3 is 5.97 Å². The highest BCUT2D eigenvalue weighted by atomic mass is 16.5. The Hall–Kier alpha value is -2.76. The monoisotopic (exact) mass is 331 g/mol. The third-order valence-corrected chi connectivity index (χ3v) is 3.84. The molecule has 6 heteroatoms. The van der Waals surface area contributed by atoms with Crippen molar-refractivity contribution < 1.29 is 23.8 Å². The molecule has 0 bridgehead atoms. The molecule has 1 aromatic heterocycles. The summed E-state index contributed by atoms with van der Waals surface area (Å²) in [7, 11) is 1.62. The first-order chi connectivity index (χ1) is 11.5. The van der Waals surface area contributed by atoms with Gasteiger partial charge in [0, 0.05) is 6.42 Å². The van der Waals surface area contributed by atoms with E-state index in [2.05, 4.69) is 5.32 Å². The summed E-state index contributed by atoms with van der Waals surface area (Å²) in [6.45, 7) is 2.21. The molecule has 24 heavy (non-hydrogen) atoms. The summed E-state index contributed by atoms with van der Waals surface area (Å²) >= 11 is 0. The molecule has 0 spiro atoms. The zero-order valence-electron chi connectivity index (χ0n) is 13.7. The predicted molar refractivity (Wildman–Crippen MR) is 88.2 cm³/mol. The molecule has 1 atom stereocenters. The van der Waals surface area contributed by atoms with Crippen LogP contribution in [0, 0.1) is 0 Å². The summed E-state index contributed by atoms with van der Waals surface area (Å²) in [6.07, 6.45) is 1.19. The fraction of sp³-hybridized carbons (Fsp3) is 0.333. The molecule has 0 saturated heterocycles.